The Kier molecular flexibility index (Phi) is 7.87. The number of carbonyl (C=O) groups excluding carboxylic acids is 2. The van der Waals surface area contributed by atoms with E-state index >= 15 is 0 Å². The van der Waals surface area contributed by atoms with Gasteiger partial charge < -0.3 is 10.9 Å². The van der Waals surface area contributed by atoms with Crippen LogP contribution < -0.4 is 29.6 Å². The zero-order valence-electron chi connectivity index (χ0n) is 11.4. The molecule has 17 heavy (non-hydrogen) atoms. The van der Waals surface area contributed by atoms with Crippen molar-refractivity contribution in [1.82, 2.24) is 0 Å². The molecule has 1 aromatic carbocycles. The van der Waals surface area contributed by atoms with E-state index in [1.807, 2.05) is 0 Å². The number of hydrogen-bond acceptors (Lipinski definition) is 4. The summed E-state index contributed by atoms with van der Waals surface area (Å²) in [6.07, 6.45) is 0. The molecular formula is C12H15NaO4. The van der Waals surface area contributed by atoms with E-state index in [9.17, 15) is 9.59 Å². The predicted octanol–water partition coefficient (Wildman–Crippen LogP) is -0.843. The molecule has 0 radical (unpaired) electrons. The zero-order chi connectivity index (χ0) is 12.0. The van der Waals surface area contributed by atoms with Crippen LogP contribution in [0.25, 0.3) is 0 Å². The van der Waals surface area contributed by atoms with Gasteiger partial charge in [-0.25, -0.2) is 9.59 Å². The van der Waals surface area contributed by atoms with E-state index in [2.05, 4.69) is 0 Å². The third-order valence-electron chi connectivity index (χ3n) is 1.88. The van der Waals surface area contributed by atoms with E-state index in [4.69, 9.17) is 9.47 Å². The van der Waals surface area contributed by atoms with Gasteiger partial charge in [0.1, 0.15) is 0 Å². The molecule has 1 aromatic rings. The standard InChI is InChI=1S/C12H14O4.Na.H/c1-3-15-11(13)9-6-5-7-10(8-9)12(14)16-4-2;;/h5-8H,3-4H2,1-2H3;;/q;+1;-1. The third-order valence-corrected chi connectivity index (χ3v) is 1.88. The Morgan fingerprint density at radius 3 is 1.82 bits per heavy atom. The van der Waals surface area contributed by atoms with Crippen molar-refractivity contribution in [3.05, 3.63) is 35.4 Å². The number of benzene rings is 1. The minimum absolute atomic E-state index is 0. The van der Waals surface area contributed by atoms with E-state index in [1.165, 1.54) is 6.07 Å². The van der Waals surface area contributed by atoms with Crippen molar-refractivity contribution in [2.24, 2.45) is 0 Å². The summed E-state index contributed by atoms with van der Waals surface area (Å²) in [6.45, 7) is 4.07. The summed E-state index contributed by atoms with van der Waals surface area (Å²) in [5.41, 5.74) is 0.708. The first-order valence-corrected chi connectivity index (χ1v) is 5.13. The van der Waals surface area contributed by atoms with Crippen LogP contribution in [0.1, 0.15) is 36.0 Å². The van der Waals surface area contributed by atoms with Crippen LogP contribution in [0.2, 0.25) is 0 Å². The molecule has 4 nitrogen and oxygen atoms in total. The smallest absolute Gasteiger partial charge is 1.00 e. The van der Waals surface area contributed by atoms with Gasteiger partial charge in [-0.15, -0.1) is 0 Å². The van der Waals surface area contributed by atoms with Crippen molar-refractivity contribution in [3.8, 4) is 0 Å². The SMILES string of the molecule is CCOC(=O)c1cccc(C(=O)OCC)c1.[H-].[Na+]. The van der Waals surface area contributed by atoms with Gasteiger partial charge in [0.05, 0.1) is 24.3 Å². The Hall–Kier alpha value is -0.840. The average molecular weight is 246 g/mol. The monoisotopic (exact) mass is 246 g/mol. The minimum atomic E-state index is -0.436. The fraction of sp³-hybridized carbons (Fsp3) is 0.333. The van der Waals surface area contributed by atoms with Gasteiger partial charge in [-0.2, -0.15) is 0 Å². The predicted molar refractivity (Wildman–Crippen MR) is 59.5 cm³/mol. The van der Waals surface area contributed by atoms with Crippen molar-refractivity contribution >= 4 is 11.9 Å². The summed E-state index contributed by atoms with van der Waals surface area (Å²) >= 11 is 0. The number of carbonyl (C=O) groups is 2. The van der Waals surface area contributed by atoms with Crippen molar-refractivity contribution in [3.63, 3.8) is 0 Å². The summed E-state index contributed by atoms with van der Waals surface area (Å²) < 4.78 is 9.66. The number of rotatable bonds is 4. The maximum Gasteiger partial charge on any atom is 1.00 e. The van der Waals surface area contributed by atoms with E-state index in [0.717, 1.165) is 0 Å². The van der Waals surface area contributed by atoms with Gasteiger partial charge in [-0.1, -0.05) is 6.07 Å². The van der Waals surface area contributed by atoms with Crippen molar-refractivity contribution in [1.29, 1.82) is 0 Å². The Morgan fingerprint density at radius 2 is 1.47 bits per heavy atom. The normalized spacial score (nSPS) is 9.06. The van der Waals surface area contributed by atoms with Crippen LogP contribution in [-0.4, -0.2) is 25.2 Å². The van der Waals surface area contributed by atoms with E-state index in [0.29, 0.717) is 24.3 Å². The zero-order valence-corrected chi connectivity index (χ0v) is 12.4. The van der Waals surface area contributed by atoms with Gasteiger partial charge in [0.2, 0.25) is 0 Å². The second kappa shape index (κ2) is 8.28. The van der Waals surface area contributed by atoms with Crippen LogP contribution in [0.5, 0.6) is 0 Å². The largest absolute Gasteiger partial charge is 1.00 e. The molecule has 0 saturated heterocycles. The Labute approximate surface area is 124 Å². The van der Waals surface area contributed by atoms with Gasteiger partial charge >= 0.3 is 41.5 Å². The van der Waals surface area contributed by atoms with Crippen LogP contribution in [0.4, 0.5) is 0 Å². The molecule has 0 atom stereocenters. The van der Waals surface area contributed by atoms with Gasteiger partial charge in [-0.3, -0.25) is 0 Å². The Bertz CT molecular complexity index is 362. The molecule has 0 bridgehead atoms. The Morgan fingerprint density at radius 1 is 1.06 bits per heavy atom. The summed E-state index contributed by atoms with van der Waals surface area (Å²) in [7, 11) is 0. The summed E-state index contributed by atoms with van der Waals surface area (Å²) in [4.78, 5) is 22.8. The van der Waals surface area contributed by atoms with E-state index < -0.39 is 11.9 Å². The maximum atomic E-state index is 11.4. The van der Waals surface area contributed by atoms with Crippen LogP contribution in [0, 0.1) is 0 Å². The summed E-state index contributed by atoms with van der Waals surface area (Å²) in [5, 5.41) is 0. The molecule has 5 heteroatoms. The molecule has 0 aromatic heterocycles. The molecule has 0 aliphatic rings. The van der Waals surface area contributed by atoms with Crippen LogP contribution >= 0.6 is 0 Å². The van der Waals surface area contributed by atoms with Crippen LogP contribution in [-0.2, 0) is 9.47 Å². The number of esters is 2. The fourth-order valence-corrected chi connectivity index (χ4v) is 1.20. The maximum absolute atomic E-state index is 11.4. The molecule has 0 saturated carbocycles. The topological polar surface area (TPSA) is 52.6 Å². The number of hydrogen-bond donors (Lipinski definition) is 0. The molecule has 88 valence electrons. The average Bonchev–Trinajstić information content (AvgIpc) is 2.30. The summed E-state index contributed by atoms with van der Waals surface area (Å²) in [6, 6.07) is 6.29. The molecule has 0 heterocycles. The van der Waals surface area contributed by atoms with Gasteiger partial charge in [-0.05, 0) is 32.0 Å². The fourth-order valence-electron chi connectivity index (χ4n) is 1.20. The molecule has 0 unspecified atom stereocenters. The van der Waals surface area contributed by atoms with E-state index in [1.54, 1.807) is 32.0 Å². The quantitative estimate of drug-likeness (QED) is 0.513. The second-order valence-corrected chi connectivity index (χ2v) is 3.02. The minimum Gasteiger partial charge on any atom is -1.00 e. The van der Waals surface area contributed by atoms with Gasteiger partial charge in [0.15, 0.2) is 0 Å². The summed E-state index contributed by atoms with van der Waals surface area (Å²) in [5.74, 6) is -0.873. The molecule has 0 aliphatic carbocycles. The second-order valence-electron chi connectivity index (χ2n) is 3.02. The van der Waals surface area contributed by atoms with Crippen LogP contribution in [0.3, 0.4) is 0 Å². The number of ether oxygens (including phenoxy) is 2. The molecule has 0 fully saturated rings. The molecule has 0 spiro atoms. The first kappa shape index (κ1) is 16.2. The Balaban J connectivity index is 0. The molecular weight excluding hydrogens is 231 g/mol. The van der Waals surface area contributed by atoms with Crippen molar-refractivity contribution < 1.29 is 50.0 Å². The van der Waals surface area contributed by atoms with Crippen LogP contribution in [0.15, 0.2) is 24.3 Å². The van der Waals surface area contributed by atoms with Crippen molar-refractivity contribution in [2.75, 3.05) is 13.2 Å². The molecule has 0 aliphatic heterocycles. The van der Waals surface area contributed by atoms with Crippen molar-refractivity contribution in [2.45, 2.75) is 13.8 Å². The van der Waals surface area contributed by atoms with E-state index in [-0.39, 0.29) is 31.0 Å². The first-order valence-electron chi connectivity index (χ1n) is 5.13. The molecule has 0 N–H and O–H groups in total. The van der Waals surface area contributed by atoms with Gasteiger partial charge in [0, 0.05) is 0 Å². The molecule has 1 rings (SSSR count). The first-order chi connectivity index (χ1) is 7.69. The molecule has 0 amide bonds. The van der Waals surface area contributed by atoms with Gasteiger partial charge in [0.25, 0.3) is 0 Å². The third kappa shape index (κ3) is 4.89.